The Bertz CT molecular complexity index is 779. The van der Waals surface area contributed by atoms with Gasteiger partial charge in [0.15, 0.2) is 0 Å². The molecule has 2 aliphatic rings. The van der Waals surface area contributed by atoms with Gasteiger partial charge in [-0.05, 0) is 49.1 Å². The zero-order valence-electron chi connectivity index (χ0n) is 14.3. The smallest absolute Gasteiger partial charge is 0.257 e. The molecule has 0 unspecified atom stereocenters. The Morgan fingerprint density at radius 2 is 1.84 bits per heavy atom. The molecule has 4 nitrogen and oxygen atoms in total. The lowest BCUT2D eigenvalue weighted by Gasteiger charge is -2.36. The normalized spacial score (nSPS) is 16.9. The maximum atomic E-state index is 13.1. The summed E-state index contributed by atoms with van der Waals surface area (Å²) in [7, 11) is 1.91. The number of nitrogens with zero attached hydrogens (tertiary/aromatic N) is 2. The number of thiophene rings is 1. The molecule has 25 heavy (non-hydrogen) atoms. The van der Waals surface area contributed by atoms with Crippen molar-refractivity contribution in [2.45, 2.75) is 19.3 Å². The van der Waals surface area contributed by atoms with Gasteiger partial charge >= 0.3 is 0 Å². The third-order valence-electron chi connectivity index (χ3n) is 5.12. The number of piperazine rings is 1. The first kappa shape index (κ1) is 16.7. The Kier molecular flexibility index (Phi) is 4.61. The number of carbonyl (C=O) groups is 1. The first-order valence-corrected chi connectivity index (χ1v) is 9.99. The molecule has 132 valence electrons. The summed E-state index contributed by atoms with van der Waals surface area (Å²) >= 11 is 7.73. The summed E-state index contributed by atoms with van der Waals surface area (Å²) < 4.78 is 0. The fourth-order valence-electron chi connectivity index (χ4n) is 3.78. The van der Waals surface area contributed by atoms with Crippen LogP contribution in [0.1, 0.15) is 27.2 Å². The van der Waals surface area contributed by atoms with Gasteiger partial charge in [-0.25, -0.2) is 0 Å². The van der Waals surface area contributed by atoms with Crippen LogP contribution in [0.15, 0.2) is 24.3 Å². The summed E-state index contributed by atoms with van der Waals surface area (Å²) in [5.41, 5.74) is 3.39. The number of hydrogen-bond acceptors (Lipinski definition) is 4. The van der Waals surface area contributed by atoms with Crippen LogP contribution >= 0.6 is 22.9 Å². The average Bonchev–Trinajstić information content (AvgIpc) is 3.22. The fraction of sp³-hybridized carbons (Fsp3) is 0.421. The highest BCUT2D eigenvalue weighted by atomic mass is 35.5. The minimum Gasteiger partial charge on any atom is -0.379 e. The van der Waals surface area contributed by atoms with Gasteiger partial charge in [-0.1, -0.05) is 11.6 Å². The molecular formula is C19H22ClN3OS. The Morgan fingerprint density at radius 1 is 1.12 bits per heavy atom. The molecule has 1 fully saturated rings. The summed E-state index contributed by atoms with van der Waals surface area (Å²) in [4.78, 5) is 18.9. The van der Waals surface area contributed by atoms with E-state index in [9.17, 15) is 4.79 Å². The number of rotatable bonds is 3. The van der Waals surface area contributed by atoms with Crippen molar-refractivity contribution >= 4 is 39.5 Å². The lowest BCUT2D eigenvalue weighted by atomic mass is 10.1. The molecule has 0 atom stereocenters. The minimum atomic E-state index is 0.194. The third-order valence-corrected chi connectivity index (χ3v) is 6.68. The molecule has 1 aromatic heterocycles. The average molecular weight is 376 g/mol. The zero-order valence-corrected chi connectivity index (χ0v) is 15.9. The van der Waals surface area contributed by atoms with Crippen molar-refractivity contribution in [1.29, 1.82) is 0 Å². The van der Waals surface area contributed by atoms with Crippen LogP contribution in [0.2, 0.25) is 5.02 Å². The van der Waals surface area contributed by atoms with E-state index in [2.05, 4.69) is 10.2 Å². The van der Waals surface area contributed by atoms with Gasteiger partial charge < -0.3 is 15.1 Å². The van der Waals surface area contributed by atoms with Crippen molar-refractivity contribution in [3.63, 3.8) is 0 Å². The highest BCUT2D eigenvalue weighted by Gasteiger charge is 2.30. The van der Waals surface area contributed by atoms with Crippen LogP contribution in [0.25, 0.3) is 0 Å². The summed E-state index contributed by atoms with van der Waals surface area (Å²) in [5, 5.41) is 5.02. The molecule has 0 saturated carbocycles. The second-order valence-corrected chi connectivity index (χ2v) is 8.11. The predicted molar refractivity (Wildman–Crippen MR) is 105 cm³/mol. The van der Waals surface area contributed by atoms with Crippen LogP contribution in [0.4, 0.5) is 10.7 Å². The molecule has 4 rings (SSSR count). The minimum absolute atomic E-state index is 0.194. The van der Waals surface area contributed by atoms with Crippen molar-refractivity contribution < 1.29 is 4.79 Å². The number of hydrogen-bond donors (Lipinski definition) is 1. The molecule has 0 spiro atoms. The molecular weight excluding hydrogens is 354 g/mol. The van der Waals surface area contributed by atoms with E-state index < -0.39 is 0 Å². The largest absolute Gasteiger partial charge is 0.379 e. The molecule has 1 aliphatic heterocycles. The molecule has 1 aromatic carbocycles. The standard InChI is InChI=1S/C19H22ClN3OS/c1-21-18-17(15-3-2-4-16(15)25-18)19(24)23-11-9-22(10-12-23)14-7-5-13(20)6-8-14/h5-8,21H,2-4,9-12H2,1H3. The van der Waals surface area contributed by atoms with E-state index in [0.717, 1.165) is 54.6 Å². The zero-order chi connectivity index (χ0) is 17.4. The third kappa shape index (κ3) is 3.11. The summed E-state index contributed by atoms with van der Waals surface area (Å²) in [6.07, 6.45) is 3.33. The van der Waals surface area contributed by atoms with Crippen LogP contribution < -0.4 is 10.2 Å². The summed E-state index contributed by atoms with van der Waals surface area (Å²) in [5.74, 6) is 0.194. The van der Waals surface area contributed by atoms with Crippen molar-refractivity contribution in [3.05, 3.63) is 45.3 Å². The number of anilines is 2. The number of carbonyl (C=O) groups excluding carboxylic acids is 1. The van der Waals surface area contributed by atoms with Crippen LogP contribution in [0.5, 0.6) is 0 Å². The molecule has 1 saturated heterocycles. The second-order valence-electron chi connectivity index (χ2n) is 6.57. The number of halogens is 1. The van der Waals surface area contributed by atoms with E-state index >= 15 is 0 Å². The molecule has 1 N–H and O–H groups in total. The van der Waals surface area contributed by atoms with Gasteiger partial charge in [0, 0.05) is 48.8 Å². The SMILES string of the molecule is CNc1sc2c(c1C(=O)N1CCN(c3ccc(Cl)cc3)CC1)CCC2. The first-order chi connectivity index (χ1) is 12.2. The predicted octanol–water partition coefficient (Wildman–Crippen LogP) is 3.89. The molecule has 1 amide bonds. The number of benzene rings is 1. The van der Waals surface area contributed by atoms with Gasteiger partial charge in [0.2, 0.25) is 0 Å². The number of nitrogens with one attached hydrogen (secondary N) is 1. The van der Waals surface area contributed by atoms with E-state index in [1.807, 2.05) is 36.2 Å². The Hall–Kier alpha value is -1.72. The van der Waals surface area contributed by atoms with Gasteiger partial charge in [-0.15, -0.1) is 11.3 Å². The lowest BCUT2D eigenvalue weighted by molar-refractivity contribution is 0.0747. The summed E-state index contributed by atoms with van der Waals surface area (Å²) in [6, 6.07) is 7.93. The van der Waals surface area contributed by atoms with Gasteiger partial charge in [0.1, 0.15) is 5.00 Å². The van der Waals surface area contributed by atoms with Crippen molar-refractivity contribution in [2.75, 3.05) is 43.4 Å². The van der Waals surface area contributed by atoms with Gasteiger partial charge in [-0.2, -0.15) is 0 Å². The quantitative estimate of drug-likeness (QED) is 0.883. The van der Waals surface area contributed by atoms with E-state index in [-0.39, 0.29) is 5.91 Å². The van der Waals surface area contributed by atoms with Crippen LogP contribution in [0, 0.1) is 0 Å². The topological polar surface area (TPSA) is 35.6 Å². The molecule has 0 bridgehead atoms. The number of aryl methyl sites for hydroxylation is 1. The van der Waals surface area contributed by atoms with E-state index in [4.69, 9.17) is 11.6 Å². The Labute approximate surface area is 157 Å². The summed E-state index contributed by atoms with van der Waals surface area (Å²) in [6.45, 7) is 3.23. The fourth-order valence-corrected chi connectivity index (χ4v) is 5.15. The molecule has 1 aliphatic carbocycles. The Morgan fingerprint density at radius 3 is 2.52 bits per heavy atom. The maximum Gasteiger partial charge on any atom is 0.257 e. The van der Waals surface area contributed by atoms with Gasteiger partial charge in [0.25, 0.3) is 5.91 Å². The van der Waals surface area contributed by atoms with Crippen molar-refractivity contribution in [1.82, 2.24) is 4.90 Å². The van der Waals surface area contributed by atoms with Crippen LogP contribution in [0.3, 0.4) is 0 Å². The maximum absolute atomic E-state index is 13.1. The van der Waals surface area contributed by atoms with E-state index in [1.165, 1.54) is 22.5 Å². The van der Waals surface area contributed by atoms with Crippen molar-refractivity contribution in [2.24, 2.45) is 0 Å². The van der Waals surface area contributed by atoms with E-state index in [0.29, 0.717) is 0 Å². The number of fused-ring (bicyclic) bond motifs is 1. The van der Waals surface area contributed by atoms with Gasteiger partial charge in [0.05, 0.1) is 5.56 Å². The highest BCUT2D eigenvalue weighted by molar-refractivity contribution is 7.16. The molecule has 2 heterocycles. The van der Waals surface area contributed by atoms with Crippen LogP contribution in [-0.2, 0) is 12.8 Å². The second kappa shape index (κ2) is 6.89. The van der Waals surface area contributed by atoms with Crippen LogP contribution in [-0.4, -0.2) is 44.0 Å². The highest BCUT2D eigenvalue weighted by Crippen LogP contribution is 2.39. The van der Waals surface area contributed by atoms with E-state index in [1.54, 1.807) is 11.3 Å². The van der Waals surface area contributed by atoms with Gasteiger partial charge in [-0.3, -0.25) is 4.79 Å². The molecule has 6 heteroatoms. The Balaban J connectivity index is 1.48. The monoisotopic (exact) mass is 375 g/mol. The number of amides is 1. The molecule has 2 aromatic rings. The molecule has 0 radical (unpaired) electrons. The lowest BCUT2D eigenvalue weighted by Crippen LogP contribution is -2.49. The van der Waals surface area contributed by atoms with Crippen molar-refractivity contribution in [3.8, 4) is 0 Å². The first-order valence-electron chi connectivity index (χ1n) is 8.79.